The molecule has 9 nitrogen and oxygen atoms in total. The molecule has 0 bridgehead atoms. The third-order valence-electron chi connectivity index (χ3n) is 8.12. The van der Waals surface area contributed by atoms with Crippen LogP contribution in [0.1, 0.15) is 38.1 Å². The number of methoxy groups -OCH3 is 1. The van der Waals surface area contributed by atoms with Crippen LogP contribution in [-0.2, 0) is 4.74 Å². The summed E-state index contributed by atoms with van der Waals surface area (Å²) in [6, 6.07) is 9.31. The number of allylic oxidation sites excluding steroid dienone is 12. The van der Waals surface area contributed by atoms with Crippen LogP contribution in [0.15, 0.2) is 96.2 Å². The molecule has 0 unspecified atom stereocenters. The van der Waals surface area contributed by atoms with Crippen molar-refractivity contribution in [2.75, 3.05) is 57.6 Å². The molecule has 1 aliphatic carbocycles. The number of hydrogen-bond acceptors (Lipinski definition) is 9. The van der Waals surface area contributed by atoms with E-state index in [-0.39, 0.29) is 0 Å². The molecule has 4 N–H and O–H groups in total. The lowest BCUT2D eigenvalue weighted by Crippen LogP contribution is -2.38. The van der Waals surface area contributed by atoms with E-state index >= 15 is 0 Å². The third kappa shape index (κ3) is 9.06. The van der Waals surface area contributed by atoms with E-state index in [9.17, 15) is 0 Å². The van der Waals surface area contributed by atoms with E-state index in [1.165, 1.54) is 17.4 Å². The van der Waals surface area contributed by atoms with Gasteiger partial charge in [-0.3, -0.25) is 4.90 Å². The number of aromatic nitrogens is 2. The number of hydrogen-bond donors (Lipinski definition) is 3. The van der Waals surface area contributed by atoms with Gasteiger partial charge in [-0.1, -0.05) is 54.7 Å². The second-order valence-corrected chi connectivity index (χ2v) is 11.4. The Morgan fingerprint density at radius 3 is 2.77 bits per heavy atom. The molecule has 0 saturated carbocycles. The van der Waals surface area contributed by atoms with E-state index in [1.807, 2.05) is 43.3 Å². The molecule has 1 aliphatic heterocycles. The molecule has 1 aromatic heterocycles. The quantitative estimate of drug-likeness (QED) is 0.101. The molecule has 5 rings (SSSR count). The van der Waals surface area contributed by atoms with Crippen LogP contribution in [0.2, 0.25) is 0 Å². The summed E-state index contributed by atoms with van der Waals surface area (Å²) >= 11 is 0. The SMILES string of the molecule is C\C=C(/C=C\C=C(/C)c1nc(Nc2ccc(N)c(C=N)c2)c2cc(OCCN3CCOCC3)c(OC)cc2n1)CC1=CCC=CC=C1. The first-order valence-electron chi connectivity index (χ1n) is 16.0. The Balaban J connectivity index is 1.45. The van der Waals surface area contributed by atoms with Gasteiger partial charge < -0.3 is 30.7 Å². The highest BCUT2D eigenvalue weighted by molar-refractivity contribution is 5.95. The van der Waals surface area contributed by atoms with Crippen LogP contribution in [-0.4, -0.2) is 67.6 Å². The summed E-state index contributed by atoms with van der Waals surface area (Å²) in [5.74, 6) is 2.41. The Kier molecular flexibility index (Phi) is 11.7. The van der Waals surface area contributed by atoms with Gasteiger partial charge in [0.2, 0.25) is 0 Å². The Morgan fingerprint density at radius 2 is 1.98 bits per heavy atom. The average Bonchev–Trinajstić information content (AvgIpc) is 3.37. The minimum Gasteiger partial charge on any atom is -0.493 e. The van der Waals surface area contributed by atoms with Crippen molar-refractivity contribution in [2.24, 2.45) is 0 Å². The maximum atomic E-state index is 7.76. The largest absolute Gasteiger partial charge is 0.493 e. The Hall–Kier alpha value is -4.99. The van der Waals surface area contributed by atoms with E-state index in [0.29, 0.717) is 46.5 Å². The van der Waals surface area contributed by atoms with Gasteiger partial charge in [-0.05, 0) is 67.7 Å². The molecule has 0 amide bonds. The number of nitrogens with two attached hydrogens (primary N) is 1. The monoisotopic (exact) mass is 632 g/mol. The lowest BCUT2D eigenvalue weighted by molar-refractivity contribution is 0.0321. The minimum absolute atomic E-state index is 0.511. The van der Waals surface area contributed by atoms with Gasteiger partial charge in [0.1, 0.15) is 12.4 Å². The number of anilines is 3. The molecule has 2 aliphatic rings. The van der Waals surface area contributed by atoms with Crippen LogP contribution in [0.5, 0.6) is 11.5 Å². The van der Waals surface area contributed by atoms with E-state index in [1.54, 1.807) is 13.2 Å². The first kappa shape index (κ1) is 33.4. The molecule has 1 fully saturated rings. The number of morpholine rings is 1. The maximum Gasteiger partial charge on any atom is 0.162 e. The summed E-state index contributed by atoms with van der Waals surface area (Å²) in [4.78, 5) is 12.2. The molecule has 0 atom stereocenters. The van der Waals surface area contributed by atoms with E-state index in [4.69, 9.17) is 35.3 Å². The highest BCUT2D eigenvalue weighted by atomic mass is 16.5. The average molecular weight is 633 g/mol. The highest BCUT2D eigenvalue weighted by Gasteiger charge is 2.16. The Morgan fingerprint density at radius 1 is 1.13 bits per heavy atom. The molecule has 2 aromatic carbocycles. The molecule has 0 spiro atoms. The van der Waals surface area contributed by atoms with Crippen molar-refractivity contribution in [1.82, 2.24) is 14.9 Å². The normalized spacial score (nSPS) is 15.9. The second kappa shape index (κ2) is 16.5. The van der Waals surface area contributed by atoms with Crippen molar-refractivity contribution in [2.45, 2.75) is 26.7 Å². The number of nitrogens with one attached hydrogen (secondary N) is 2. The fraction of sp³-hybridized carbons (Fsp3) is 0.289. The first-order chi connectivity index (χ1) is 23.0. The molecule has 1 saturated heterocycles. The maximum absolute atomic E-state index is 7.76. The number of benzene rings is 2. The fourth-order valence-corrected chi connectivity index (χ4v) is 5.34. The standard InChI is InChI=1S/C38H44N6O3/c1-4-28(22-29-11-7-5-6-8-12-29)13-9-10-27(2)37-42-34-25-35(45-3)36(47-21-18-44-16-19-46-20-17-44)24-32(34)38(43-37)41-31-14-15-33(40)30(23-31)26-39/h4-7,9-15,23-26,39H,8,16-22,40H2,1-3H3,(H,41,42,43)/b13-9-,27-10+,28-4+,39-26?. The highest BCUT2D eigenvalue weighted by Crippen LogP contribution is 2.36. The van der Waals surface area contributed by atoms with Gasteiger partial charge in [0, 0.05) is 54.2 Å². The van der Waals surface area contributed by atoms with Crippen molar-refractivity contribution in [1.29, 1.82) is 5.41 Å². The van der Waals surface area contributed by atoms with Crippen LogP contribution < -0.4 is 20.5 Å². The van der Waals surface area contributed by atoms with Gasteiger partial charge in [0.25, 0.3) is 0 Å². The number of rotatable bonds is 13. The Labute approximate surface area is 277 Å². The topological polar surface area (TPSA) is 119 Å². The van der Waals surface area contributed by atoms with Crippen LogP contribution in [0.25, 0.3) is 16.5 Å². The smallest absolute Gasteiger partial charge is 0.162 e. The van der Waals surface area contributed by atoms with Crippen molar-refractivity contribution in [3.05, 3.63) is 108 Å². The lowest BCUT2D eigenvalue weighted by Gasteiger charge is -2.26. The van der Waals surface area contributed by atoms with Gasteiger partial charge in [0.15, 0.2) is 17.3 Å². The Bertz CT molecular complexity index is 1760. The summed E-state index contributed by atoms with van der Waals surface area (Å²) in [6.07, 6.45) is 22.2. The first-order valence-corrected chi connectivity index (χ1v) is 16.0. The van der Waals surface area contributed by atoms with Gasteiger partial charge in [-0.15, -0.1) is 0 Å². The molecule has 0 radical (unpaired) electrons. The zero-order valence-corrected chi connectivity index (χ0v) is 27.5. The molecule has 2 heterocycles. The van der Waals surface area contributed by atoms with Crippen LogP contribution in [0, 0.1) is 5.41 Å². The second-order valence-electron chi connectivity index (χ2n) is 11.4. The van der Waals surface area contributed by atoms with E-state index in [0.717, 1.165) is 62.3 Å². The zero-order chi connectivity index (χ0) is 33.0. The van der Waals surface area contributed by atoms with Crippen LogP contribution in [0.4, 0.5) is 17.2 Å². The molecular weight excluding hydrogens is 588 g/mol. The molecular formula is C38H44N6O3. The summed E-state index contributed by atoms with van der Waals surface area (Å²) in [7, 11) is 1.64. The number of fused-ring (bicyclic) bond motifs is 1. The minimum atomic E-state index is 0.511. The lowest BCUT2D eigenvalue weighted by atomic mass is 10.0. The summed E-state index contributed by atoms with van der Waals surface area (Å²) in [5.41, 5.74) is 12.1. The molecule has 9 heteroatoms. The van der Waals surface area contributed by atoms with Crippen molar-refractivity contribution in [3.63, 3.8) is 0 Å². The van der Waals surface area contributed by atoms with Gasteiger partial charge >= 0.3 is 0 Å². The number of nitrogens with zero attached hydrogens (tertiary/aromatic N) is 3. The van der Waals surface area contributed by atoms with Crippen LogP contribution in [0.3, 0.4) is 0 Å². The zero-order valence-electron chi connectivity index (χ0n) is 27.5. The van der Waals surface area contributed by atoms with Crippen molar-refractivity contribution >= 4 is 39.9 Å². The molecule has 3 aromatic rings. The summed E-state index contributed by atoms with van der Waals surface area (Å²) < 4.78 is 17.5. The molecule has 244 valence electrons. The van der Waals surface area contributed by atoms with Gasteiger partial charge in [-0.25, -0.2) is 9.97 Å². The van der Waals surface area contributed by atoms with E-state index in [2.05, 4.69) is 59.7 Å². The van der Waals surface area contributed by atoms with Crippen molar-refractivity contribution in [3.8, 4) is 11.5 Å². The predicted molar refractivity (Wildman–Crippen MR) is 193 cm³/mol. The summed E-state index contributed by atoms with van der Waals surface area (Å²) in [6.45, 7) is 8.65. The van der Waals surface area contributed by atoms with Gasteiger partial charge in [0.05, 0.1) is 25.8 Å². The fourth-order valence-electron chi connectivity index (χ4n) is 5.34. The van der Waals surface area contributed by atoms with Gasteiger partial charge in [-0.2, -0.15) is 0 Å². The third-order valence-corrected chi connectivity index (χ3v) is 8.12. The number of nitrogen functional groups attached to an aromatic ring is 1. The summed E-state index contributed by atoms with van der Waals surface area (Å²) in [5, 5.41) is 12.0. The van der Waals surface area contributed by atoms with Crippen LogP contribution >= 0.6 is 0 Å². The van der Waals surface area contributed by atoms with E-state index < -0.39 is 0 Å². The van der Waals surface area contributed by atoms with Crippen molar-refractivity contribution < 1.29 is 14.2 Å². The predicted octanol–water partition coefficient (Wildman–Crippen LogP) is 7.41. The number of ether oxygens (including phenoxy) is 3. The molecule has 47 heavy (non-hydrogen) atoms.